The summed E-state index contributed by atoms with van der Waals surface area (Å²) in [6, 6.07) is 0. The van der Waals surface area contributed by atoms with Crippen LogP contribution >= 0.6 is 0 Å². The molecule has 0 amide bonds. The number of aromatic nitrogens is 2. The summed E-state index contributed by atoms with van der Waals surface area (Å²) in [5, 5.41) is 0. The molecule has 2 N–H and O–H groups in total. The van der Waals surface area contributed by atoms with Crippen molar-refractivity contribution in [1.29, 1.82) is 0 Å². The van der Waals surface area contributed by atoms with Crippen molar-refractivity contribution >= 4 is 11.6 Å². The zero-order chi connectivity index (χ0) is 15.6. The van der Waals surface area contributed by atoms with Crippen molar-refractivity contribution in [1.82, 2.24) is 9.97 Å². The van der Waals surface area contributed by atoms with Crippen LogP contribution in [0.4, 0.5) is 11.6 Å². The van der Waals surface area contributed by atoms with Crippen LogP contribution in [0.3, 0.4) is 0 Å². The Hall–Kier alpha value is -1.36. The summed E-state index contributed by atoms with van der Waals surface area (Å²) >= 11 is 0. The van der Waals surface area contributed by atoms with Crippen LogP contribution in [0.15, 0.2) is 0 Å². The maximum absolute atomic E-state index is 6.12. The van der Waals surface area contributed by atoms with Crippen molar-refractivity contribution in [3.63, 3.8) is 0 Å². The van der Waals surface area contributed by atoms with Crippen molar-refractivity contribution in [3.8, 4) is 0 Å². The molecule has 2 rings (SSSR count). The number of hydrogen-bond acceptors (Lipinski definition) is 5. The second kappa shape index (κ2) is 6.18. The van der Waals surface area contributed by atoms with Crippen molar-refractivity contribution in [3.05, 3.63) is 11.4 Å². The van der Waals surface area contributed by atoms with Crippen LogP contribution in [0.25, 0.3) is 0 Å². The van der Waals surface area contributed by atoms with Crippen molar-refractivity contribution < 1.29 is 4.74 Å². The Kier molecular flexibility index (Phi) is 4.71. The van der Waals surface area contributed by atoms with Crippen LogP contribution in [-0.4, -0.2) is 36.8 Å². The molecule has 0 radical (unpaired) electrons. The van der Waals surface area contributed by atoms with E-state index >= 15 is 0 Å². The van der Waals surface area contributed by atoms with Crippen LogP contribution in [0.1, 0.15) is 45.0 Å². The van der Waals surface area contributed by atoms with Crippen LogP contribution < -0.4 is 10.6 Å². The Morgan fingerprint density at radius 2 is 2.05 bits per heavy atom. The minimum atomic E-state index is -0.0989. The van der Waals surface area contributed by atoms with Crippen LogP contribution in [0.5, 0.6) is 0 Å². The predicted molar refractivity (Wildman–Crippen MR) is 86.7 cm³/mol. The first-order chi connectivity index (χ1) is 9.82. The maximum Gasteiger partial charge on any atom is 0.138 e. The van der Waals surface area contributed by atoms with E-state index in [4.69, 9.17) is 15.5 Å². The van der Waals surface area contributed by atoms with Crippen molar-refractivity contribution in [2.45, 2.75) is 46.0 Å². The first kappa shape index (κ1) is 16.0. The molecule has 1 saturated heterocycles. The van der Waals surface area contributed by atoms with Gasteiger partial charge in [-0.15, -0.1) is 0 Å². The molecule has 1 aliphatic heterocycles. The van der Waals surface area contributed by atoms with E-state index in [-0.39, 0.29) is 5.41 Å². The Balaban J connectivity index is 2.32. The number of nitrogen functional groups attached to an aromatic ring is 1. The lowest BCUT2D eigenvalue weighted by Gasteiger charge is -2.35. The van der Waals surface area contributed by atoms with Crippen LogP contribution in [-0.2, 0) is 10.2 Å². The molecule has 0 bridgehead atoms. The molecule has 118 valence electrons. The van der Waals surface area contributed by atoms with Gasteiger partial charge in [0.05, 0.1) is 6.61 Å². The van der Waals surface area contributed by atoms with E-state index in [1.54, 1.807) is 7.11 Å². The lowest BCUT2D eigenvalue weighted by atomic mass is 9.95. The fourth-order valence-corrected chi connectivity index (χ4v) is 2.79. The molecule has 0 aromatic carbocycles. The summed E-state index contributed by atoms with van der Waals surface area (Å²) in [5.74, 6) is 2.97. The van der Waals surface area contributed by atoms with Gasteiger partial charge in [-0.05, 0) is 25.7 Å². The van der Waals surface area contributed by atoms with Crippen molar-refractivity contribution in [2.75, 3.05) is 37.4 Å². The molecular weight excluding hydrogens is 264 g/mol. The summed E-state index contributed by atoms with van der Waals surface area (Å²) in [6.45, 7) is 11.2. The number of anilines is 2. The summed E-state index contributed by atoms with van der Waals surface area (Å²) in [7, 11) is 1.77. The summed E-state index contributed by atoms with van der Waals surface area (Å²) in [5.41, 5.74) is 7.00. The quantitative estimate of drug-likeness (QED) is 0.927. The predicted octanol–water partition coefficient (Wildman–Crippen LogP) is 2.53. The number of methoxy groups -OCH3 is 1. The summed E-state index contributed by atoms with van der Waals surface area (Å²) < 4.78 is 5.31. The second-order valence-electron chi connectivity index (χ2n) is 7.04. The summed E-state index contributed by atoms with van der Waals surface area (Å²) in [6.07, 6.45) is 2.39. The van der Waals surface area contributed by atoms with Gasteiger partial charge < -0.3 is 15.4 Å². The first-order valence-electron chi connectivity index (χ1n) is 7.71. The van der Waals surface area contributed by atoms with Crippen LogP contribution in [0, 0.1) is 12.8 Å². The molecule has 1 aromatic heterocycles. The van der Waals surface area contributed by atoms with Crippen molar-refractivity contribution in [2.24, 2.45) is 5.92 Å². The Morgan fingerprint density at radius 1 is 1.33 bits per heavy atom. The first-order valence-corrected chi connectivity index (χ1v) is 7.71. The van der Waals surface area contributed by atoms with E-state index in [9.17, 15) is 0 Å². The smallest absolute Gasteiger partial charge is 0.138 e. The third-order valence-corrected chi connectivity index (χ3v) is 4.05. The zero-order valence-corrected chi connectivity index (χ0v) is 13.9. The van der Waals surface area contributed by atoms with Gasteiger partial charge in [-0.1, -0.05) is 20.8 Å². The fraction of sp³-hybridized carbons (Fsp3) is 0.750. The summed E-state index contributed by atoms with van der Waals surface area (Å²) in [4.78, 5) is 11.6. The second-order valence-corrected chi connectivity index (χ2v) is 7.04. The molecule has 2 heterocycles. The fourth-order valence-electron chi connectivity index (χ4n) is 2.79. The maximum atomic E-state index is 6.12. The average Bonchev–Trinajstić information content (AvgIpc) is 2.41. The van der Waals surface area contributed by atoms with Gasteiger partial charge in [-0.3, -0.25) is 0 Å². The normalized spacial score (nSPS) is 19.9. The molecule has 1 fully saturated rings. The Labute approximate surface area is 127 Å². The molecule has 1 aliphatic rings. The lowest BCUT2D eigenvalue weighted by Crippen LogP contribution is -2.38. The van der Waals surface area contributed by atoms with Crippen LogP contribution in [0.2, 0.25) is 0 Å². The van der Waals surface area contributed by atoms with Gasteiger partial charge in [0.25, 0.3) is 0 Å². The molecule has 1 atom stereocenters. The van der Waals surface area contributed by atoms with Gasteiger partial charge in [-0.2, -0.15) is 0 Å². The highest BCUT2D eigenvalue weighted by molar-refractivity contribution is 5.57. The van der Waals surface area contributed by atoms with Gasteiger partial charge >= 0.3 is 0 Å². The molecule has 0 spiro atoms. The van der Waals surface area contributed by atoms with E-state index in [2.05, 4.69) is 30.7 Å². The highest BCUT2D eigenvalue weighted by atomic mass is 16.5. The van der Waals surface area contributed by atoms with E-state index in [0.717, 1.165) is 36.9 Å². The number of rotatable bonds is 3. The van der Waals surface area contributed by atoms with Gasteiger partial charge in [-0.25, -0.2) is 9.97 Å². The van der Waals surface area contributed by atoms with Gasteiger partial charge in [0.15, 0.2) is 0 Å². The number of nitrogens with zero attached hydrogens (tertiary/aromatic N) is 3. The van der Waals surface area contributed by atoms with E-state index in [1.807, 2.05) is 6.92 Å². The number of hydrogen-bond donors (Lipinski definition) is 1. The molecular formula is C16H28N4O. The van der Waals surface area contributed by atoms with E-state index < -0.39 is 0 Å². The van der Waals surface area contributed by atoms with E-state index in [1.165, 1.54) is 12.8 Å². The molecule has 1 unspecified atom stereocenters. The van der Waals surface area contributed by atoms with E-state index in [0.29, 0.717) is 11.7 Å². The SMILES string of the molecule is COCC1CCCN(c2nc(C(C)(C)C)nc(N)c2C)C1. The third kappa shape index (κ3) is 3.64. The Bertz CT molecular complexity index is 494. The highest BCUT2D eigenvalue weighted by Crippen LogP contribution is 2.29. The molecule has 21 heavy (non-hydrogen) atoms. The molecule has 0 aliphatic carbocycles. The third-order valence-electron chi connectivity index (χ3n) is 4.05. The number of piperidine rings is 1. The topological polar surface area (TPSA) is 64.3 Å². The molecule has 1 aromatic rings. The molecule has 5 nitrogen and oxygen atoms in total. The highest BCUT2D eigenvalue weighted by Gasteiger charge is 2.26. The lowest BCUT2D eigenvalue weighted by molar-refractivity contribution is 0.143. The van der Waals surface area contributed by atoms with Gasteiger partial charge in [0.1, 0.15) is 17.5 Å². The molecule has 5 heteroatoms. The Morgan fingerprint density at radius 3 is 2.67 bits per heavy atom. The van der Waals surface area contributed by atoms with Gasteiger partial charge in [0.2, 0.25) is 0 Å². The standard InChI is InChI=1S/C16H28N4O/c1-11-13(17)18-15(16(2,3)4)19-14(11)20-8-6-7-12(9-20)10-21-5/h12H,6-10H2,1-5H3,(H2,17,18,19). The monoisotopic (exact) mass is 292 g/mol. The zero-order valence-electron chi connectivity index (χ0n) is 13.9. The minimum absolute atomic E-state index is 0.0989. The van der Waals surface area contributed by atoms with Gasteiger partial charge in [0, 0.05) is 31.2 Å². The number of ether oxygens (including phenoxy) is 1. The minimum Gasteiger partial charge on any atom is -0.384 e. The number of nitrogens with two attached hydrogens (primary N) is 1. The largest absolute Gasteiger partial charge is 0.384 e. The average molecular weight is 292 g/mol. The molecule has 0 saturated carbocycles.